The average molecular weight is 201 g/mol. The van der Waals surface area contributed by atoms with E-state index in [-0.39, 0.29) is 12.6 Å². The molecule has 0 radical (unpaired) electrons. The van der Waals surface area contributed by atoms with Crippen LogP contribution in [0.2, 0.25) is 0 Å². The molecule has 0 bridgehead atoms. The number of hydrogen-bond acceptors (Lipinski definition) is 3. The minimum Gasteiger partial charge on any atom is -0.373 e. The lowest BCUT2D eigenvalue weighted by Crippen LogP contribution is -2.40. The van der Waals surface area contributed by atoms with Crippen molar-refractivity contribution in [3.8, 4) is 0 Å². The highest BCUT2D eigenvalue weighted by molar-refractivity contribution is 5.87. The molecule has 4 heteroatoms. The van der Waals surface area contributed by atoms with Crippen molar-refractivity contribution in [1.29, 1.82) is 0 Å². The van der Waals surface area contributed by atoms with E-state index in [0.29, 0.717) is 13.0 Å². The average Bonchev–Trinajstić information content (AvgIpc) is 2.22. The number of nitrogens with zero attached hydrogens (tertiary/aromatic N) is 1. The van der Waals surface area contributed by atoms with Crippen LogP contribution < -0.4 is 0 Å². The van der Waals surface area contributed by atoms with Crippen molar-refractivity contribution < 1.29 is 14.6 Å². The predicted octanol–water partition coefficient (Wildman–Crippen LogP) is 1.11. The van der Waals surface area contributed by atoms with Gasteiger partial charge in [-0.2, -0.15) is 0 Å². The number of ether oxygens (including phenoxy) is 1. The zero-order valence-electron chi connectivity index (χ0n) is 8.90. The van der Waals surface area contributed by atoms with E-state index in [0.717, 1.165) is 6.42 Å². The van der Waals surface area contributed by atoms with E-state index in [1.54, 1.807) is 6.92 Å². The highest BCUT2D eigenvalue weighted by Crippen LogP contribution is 2.02. The molecule has 0 aromatic rings. The quantitative estimate of drug-likeness (QED) is 0.381. The molecule has 0 spiro atoms. The lowest BCUT2D eigenvalue weighted by molar-refractivity contribution is -0.146. The summed E-state index contributed by atoms with van der Waals surface area (Å²) in [5, 5.41) is 9.50. The molecule has 14 heavy (non-hydrogen) atoms. The lowest BCUT2D eigenvalue weighted by Gasteiger charge is -2.25. The van der Waals surface area contributed by atoms with Crippen molar-refractivity contribution in [3.05, 3.63) is 12.7 Å². The Labute approximate surface area is 85.2 Å². The van der Waals surface area contributed by atoms with E-state index in [9.17, 15) is 9.90 Å². The minimum atomic E-state index is -0.794. The monoisotopic (exact) mass is 201 g/mol. The highest BCUT2D eigenvalue weighted by atomic mass is 16.5. The van der Waals surface area contributed by atoms with Gasteiger partial charge in [-0.05, 0) is 18.9 Å². The van der Waals surface area contributed by atoms with E-state index in [4.69, 9.17) is 4.74 Å². The number of carbonyl (C=O) groups is 1. The van der Waals surface area contributed by atoms with E-state index < -0.39 is 6.23 Å². The maximum absolute atomic E-state index is 11.3. The number of amides is 1. The number of rotatable bonds is 7. The van der Waals surface area contributed by atoms with Gasteiger partial charge in [0.1, 0.15) is 13.0 Å². The van der Waals surface area contributed by atoms with Crippen molar-refractivity contribution in [3.63, 3.8) is 0 Å². The third-order valence-electron chi connectivity index (χ3n) is 1.76. The van der Waals surface area contributed by atoms with Crippen LogP contribution in [0.5, 0.6) is 0 Å². The molecule has 0 aliphatic rings. The molecule has 0 saturated heterocycles. The van der Waals surface area contributed by atoms with Crippen LogP contribution in [0.4, 0.5) is 0 Å². The minimum absolute atomic E-state index is 0.119. The van der Waals surface area contributed by atoms with Gasteiger partial charge in [0.05, 0.1) is 0 Å². The topological polar surface area (TPSA) is 49.8 Å². The standard InChI is InChI=1S/C10H19NO3/c1-4-7-14-8-11(9(12)5-2)10(13)6-3/h5,10,13H,2,4,6-8H2,1,3H3. The Morgan fingerprint density at radius 3 is 2.71 bits per heavy atom. The van der Waals surface area contributed by atoms with Crippen LogP contribution in [-0.4, -0.2) is 35.5 Å². The Morgan fingerprint density at radius 1 is 1.64 bits per heavy atom. The Bertz CT molecular complexity index is 182. The number of hydrogen-bond donors (Lipinski definition) is 1. The van der Waals surface area contributed by atoms with Crippen LogP contribution in [0, 0.1) is 0 Å². The highest BCUT2D eigenvalue weighted by Gasteiger charge is 2.17. The van der Waals surface area contributed by atoms with Gasteiger partial charge in [-0.25, -0.2) is 0 Å². The van der Waals surface area contributed by atoms with Crippen molar-refractivity contribution >= 4 is 5.91 Å². The maximum atomic E-state index is 11.3. The van der Waals surface area contributed by atoms with Gasteiger partial charge in [0.25, 0.3) is 0 Å². The molecule has 4 nitrogen and oxygen atoms in total. The van der Waals surface area contributed by atoms with E-state index >= 15 is 0 Å². The van der Waals surface area contributed by atoms with Crippen LogP contribution in [0.25, 0.3) is 0 Å². The summed E-state index contributed by atoms with van der Waals surface area (Å²) >= 11 is 0. The van der Waals surface area contributed by atoms with Crippen LogP contribution >= 0.6 is 0 Å². The first-order chi connectivity index (χ1) is 6.67. The van der Waals surface area contributed by atoms with Gasteiger partial charge < -0.3 is 9.84 Å². The molecule has 0 fully saturated rings. The van der Waals surface area contributed by atoms with E-state index in [1.807, 2.05) is 6.92 Å². The molecule has 0 rings (SSSR count). The van der Waals surface area contributed by atoms with Gasteiger partial charge in [-0.1, -0.05) is 20.4 Å². The SMILES string of the molecule is C=CC(=O)N(COCCC)C(O)CC. The molecular weight excluding hydrogens is 182 g/mol. The second-order valence-corrected chi connectivity index (χ2v) is 2.94. The van der Waals surface area contributed by atoms with Crippen LogP contribution in [0.15, 0.2) is 12.7 Å². The predicted molar refractivity (Wildman–Crippen MR) is 54.5 cm³/mol. The fourth-order valence-electron chi connectivity index (χ4n) is 0.941. The van der Waals surface area contributed by atoms with E-state index in [1.165, 1.54) is 11.0 Å². The summed E-state index contributed by atoms with van der Waals surface area (Å²) in [5.41, 5.74) is 0. The summed E-state index contributed by atoms with van der Waals surface area (Å²) in [6.07, 6.45) is 1.75. The molecule has 0 saturated carbocycles. The van der Waals surface area contributed by atoms with Crippen molar-refractivity contribution in [2.75, 3.05) is 13.3 Å². The molecule has 1 amide bonds. The number of aliphatic hydroxyl groups excluding tert-OH is 1. The second-order valence-electron chi connectivity index (χ2n) is 2.94. The molecule has 1 atom stereocenters. The molecule has 0 aliphatic heterocycles. The van der Waals surface area contributed by atoms with Gasteiger partial charge in [0, 0.05) is 6.61 Å². The molecule has 1 unspecified atom stereocenters. The van der Waals surface area contributed by atoms with Crippen LogP contribution in [-0.2, 0) is 9.53 Å². The van der Waals surface area contributed by atoms with Crippen molar-refractivity contribution in [2.24, 2.45) is 0 Å². The summed E-state index contributed by atoms with van der Waals surface area (Å²) in [7, 11) is 0. The Hall–Kier alpha value is -0.870. The van der Waals surface area contributed by atoms with E-state index in [2.05, 4.69) is 6.58 Å². The zero-order chi connectivity index (χ0) is 11.0. The largest absolute Gasteiger partial charge is 0.373 e. The van der Waals surface area contributed by atoms with Gasteiger partial charge in [-0.3, -0.25) is 9.69 Å². The molecule has 0 aromatic carbocycles. The Balaban J connectivity index is 4.10. The third-order valence-corrected chi connectivity index (χ3v) is 1.76. The first-order valence-corrected chi connectivity index (χ1v) is 4.86. The molecule has 82 valence electrons. The molecule has 0 heterocycles. The third kappa shape index (κ3) is 4.39. The normalized spacial score (nSPS) is 12.2. The molecule has 0 aliphatic carbocycles. The summed E-state index contributed by atoms with van der Waals surface area (Å²) in [6, 6.07) is 0. The molecular formula is C10H19NO3. The summed E-state index contributed by atoms with van der Waals surface area (Å²) < 4.78 is 5.19. The Kier molecular flexibility index (Phi) is 7.06. The smallest absolute Gasteiger partial charge is 0.249 e. The number of carbonyl (C=O) groups excluding carboxylic acids is 1. The number of aliphatic hydroxyl groups is 1. The van der Waals surface area contributed by atoms with Gasteiger partial charge >= 0.3 is 0 Å². The van der Waals surface area contributed by atoms with Gasteiger partial charge in [0.2, 0.25) is 5.91 Å². The maximum Gasteiger partial charge on any atom is 0.249 e. The summed E-state index contributed by atoms with van der Waals surface area (Å²) in [4.78, 5) is 12.5. The van der Waals surface area contributed by atoms with Crippen molar-refractivity contribution in [1.82, 2.24) is 4.90 Å². The van der Waals surface area contributed by atoms with Gasteiger partial charge in [-0.15, -0.1) is 0 Å². The van der Waals surface area contributed by atoms with Crippen LogP contribution in [0.3, 0.4) is 0 Å². The molecule has 0 aromatic heterocycles. The van der Waals surface area contributed by atoms with Crippen molar-refractivity contribution in [2.45, 2.75) is 32.9 Å². The van der Waals surface area contributed by atoms with Gasteiger partial charge in [0.15, 0.2) is 0 Å². The Morgan fingerprint density at radius 2 is 2.29 bits per heavy atom. The summed E-state index contributed by atoms with van der Waals surface area (Å²) in [5.74, 6) is -0.310. The fourth-order valence-corrected chi connectivity index (χ4v) is 0.941. The zero-order valence-corrected chi connectivity index (χ0v) is 8.90. The summed E-state index contributed by atoms with van der Waals surface area (Å²) in [6.45, 7) is 7.85. The van der Waals surface area contributed by atoms with Crippen LogP contribution in [0.1, 0.15) is 26.7 Å². The first-order valence-electron chi connectivity index (χ1n) is 4.86. The first kappa shape index (κ1) is 13.1. The molecule has 1 N–H and O–H groups in total. The fraction of sp³-hybridized carbons (Fsp3) is 0.700. The lowest BCUT2D eigenvalue weighted by atomic mass is 10.3. The second kappa shape index (κ2) is 7.53.